The van der Waals surface area contributed by atoms with Gasteiger partial charge in [-0.25, -0.2) is 4.98 Å². The molecule has 0 fully saturated rings. The van der Waals surface area contributed by atoms with Gasteiger partial charge in [-0.05, 0) is 47.5 Å². The lowest BCUT2D eigenvalue weighted by molar-refractivity contribution is -0.115. The Morgan fingerprint density at radius 2 is 1.73 bits per heavy atom. The van der Waals surface area contributed by atoms with Crippen LogP contribution < -0.4 is 5.32 Å². The van der Waals surface area contributed by atoms with Gasteiger partial charge in [0.25, 0.3) is 0 Å². The summed E-state index contributed by atoms with van der Waals surface area (Å²) >= 11 is 0. The molecule has 3 N–H and O–H groups in total. The number of carbonyl (C=O) groups is 1. The molecule has 8 nitrogen and oxygen atoms in total. The fraction of sp³-hybridized carbons (Fsp3) is 0.0312. The Kier molecular flexibility index (Phi) is 5.82. The van der Waals surface area contributed by atoms with E-state index >= 15 is 0 Å². The molecule has 0 bridgehead atoms. The maximum atomic E-state index is 12.6. The van der Waals surface area contributed by atoms with Crippen LogP contribution in [0.4, 0.5) is 5.69 Å². The third-order valence-corrected chi connectivity index (χ3v) is 6.80. The first-order valence-corrected chi connectivity index (χ1v) is 12.9. The average Bonchev–Trinajstić information content (AvgIpc) is 3.62. The summed E-state index contributed by atoms with van der Waals surface area (Å²) in [6.07, 6.45) is 5.52. The molecule has 8 heteroatoms. The number of aromatic amines is 2. The monoisotopic (exact) mass is 521 g/mol. The summed E-state index contributed by atoms with van der Waals surface area (Å²) in [5.74, 6) is 0.578. The van der Waals surface area contributed by atoms with Crippen molar-refractivity contribution in [2.75, 3.05) is 5.32 Å². The van der Waals surface area contributed by atoms with Gasteiger partial charge in [0.05, 0.1) is 40.5 Å². The lowest BCUT2D eigenvalue weighted by Crippen LogP contribution is -2.14. The van der Waals surface area contributed by atoms with Crippen molar-refractivity contribution in [2.45, 2.75) is 6.42 Å². The molecule has 0 saturated heterocycles. The van der Waals surface area contributed by atoms with Crippen LogP contribution in [0.3, 0.4) is 0 Å². The highest BCUT2D eigenvalue weighted by Crippen LogP contribution is 2.33. The minimum atomic E-state index is -0.0901. The Hall–Kier alpha value is -5.63. The van der Waals surface area contributed by atoms with Crippen LogP contribution in [-0.2, 0) is 11.2 Å². The molecule has 7 rings (SSSR count). The van der Waals surface area contributed by atoms with Crippen LogP contribution in [0.2, 0.25) is 0 Å². The van der Waals surface area contributed by atoms with Crippen LogP contribution in [-0.4, -0.2) is 36.0 Å². The summed E-state index contributed by atoms with van der Waals surface area (Å²) in [5.41, 5.74) is 8.62. The number of pyridine rings is 2. The second kappa shape index (κ2) is 9.92. The standard InChI is InChI=1S/C32H23N7O/c40-29(15-20-7-2-1-3-8-20)35-23-16-22(18-33-19-23)21-12-13-27-25(17-21)31(39-38-27)32-36-28-11-6-9-24(30(28)37-32)26-10-4-5-14-34-26/h1-14,16-19H,15H2,(H,35,40)(H,36,37)(H,38,39). The summed E-state index contributed by atoms with van der Waals surface area (Å²) in [5, 5.41) is 11.6. The number of amides is 1. The molecule has 4 aromatic heterocycles. The highest BCUT2D eigenvalue weighted by molar-refractivity contribution is 5.98. The Bertz CT molecular complexity index is 1980. The molecular formula is C32H23N7O. The van der Waals surface area contributed by atoms with Crippen molar-refractivity contribution < 1.29 is 4.79 Å². The van der Waals surface area contributed by atoms with Crippen molar-refractivity contribution >= 4 is 33.5 Å². The number of para-hydroxylation sites is 1. The summed E-state index contributed by atoms with van der Waals surface area (Å²) in [7, 11) is 0. The summed E-state index contributed by atoms with van der Waals surface area (Å²) in [4.78, 5) is 29.8. The van der Waals surface area contributed by atoms with E-state index in [1.54, 1.807) is 18.6 Å². The Labute approximate surface area is 229 Å². The first kappa shape index (κ1) is 23.5. The summed E-state index contributed by atoms with van der Waals surface area (Å²) in [6, 6.07) is 29.5. The third kappa shape index (κ3) is 4.48. The van der Waals surface area contributed by atoms with Crippen LogP contribution in [0.1, 0.15) is 5.56 Å². The highest BCUT2D eigenvalue weighted by Gasteiger charge is 2.16. The molecule has 0 radical (unpaired) electrons. The number of H-pyrrole nitrogens is 2. The van der Waals surface area contributed by atoms with Crippen molar-refractivity contribution in [3.63, 3.8) is 0 Å². The number of aromatic nitrogens is 6. The van der Waals surface area contributed by atoms with E-state index in [1.807, 2.05) is 84.9 Å². The van der Waals surface area contributed by atoms with Gasteiger partial charge in [0.1, 0.15) is 5.69 Å². The van der Waals surface area contributed by atoms with Gasteiger partial charge in [-0.3, -0.25) is 19.9 Å². The quantitative estimate of drug-likeness (QED) is 0.234. The Morgan fingerprint density at radius 1 is 0.825 bits per heavy atom. The van der Waals surface area contributed by atoms with E-state index in [9.17, 15) is 4.79 Å². The molecule has 192 valence electrons. The lowest BCUT2D eigenvalue weighted by atomic mass is 10.0. The van der Waals surface area contributed by atoms with Crippen LogP contribution in [0.15, 0.2) is 110 Å². The molecule has 0 aliphatic rings. The van der Waals surface area contributed by atoms with E-state index in [0.29, 0.717) is 17.9 Å². The van der Waals surface area contributed by atoms with Gasteiger partial charge in [0.15, 0.2) is 5.82 Å². The van der Waals surface area contributed by atoms with E-state index in [2.05, 4.69) is 36.5 Å². The number of hydrogen-bond acceptors (Lipinski definition) is 5. The van der Waals surface area contributed by atoms with Gasteiger partial charge < -0.3 is 10.3 Å². The van der Waals surface area contributed by atoms with E-state index in [4.69, 9.17) is 4.98 Å². The maximum absolute atomic E-state index is 12.6. The largest absolute Gasteiger partial charge is 0.337 e. The fourth-order valence-corrected chi connectivity index (χ4v) is 4.90. The molecule has 7 aromatic rings. The number of nitrogens with one attached hydrogen (secondary N) is 3. The normalized spacial score (nSPS) is 11.2. The number of imidazole rings is 1. The highest BCUT2D eigenvalue weighted by atomic mass is 16.1. The molecule has 0 aliphatic heterocycles. The molecule has 0 unspecified atom stereocenters. The van der Waals surface area contributed by atoms with Gasteiger partial charge in [-0.2, -0.15) is 5.10 Å². The molecule has 1 amide bonds. The van der Waals surface area contributed by atoms with Crippen LogP contribution in [0, 0.1) is 0 Å². The zero-order valence-corrected chi connectivity index (χ0v) is 21.3. The smallest absolute Gasteiger partial charge is 0.228 e. The van der Waals surface area contributed by atoms with Crippen molar-refractivity contribution in [1.29, 1.82) is 0 Å². The van der Waals surface area contributed by atoms with Gasteiger partial charge in [0, 0.05) is 28.9 Å². The molecule has 4 heterocycles. The number of carbonyl (C=O) groups excluding carboxylic acids is 1. The second-order valence-corrected chi connectivity index (χ2v) is 9.51. The maximum Gasteiger partial charge on any atom is 0.228 e. The lowest BCUT2D eigenvalue weighted by Gasteiger charge is -2.08. The van der Waals surface area contributed by atoms with E-state index in [0.717, 1.165) is 55.6 Å². The van der Waals surface area contributed by atoms with E-state index in [1.165, 1.54) is 0 Å². The SMILES string of the molecule is O=C(Cc1ccccc1)Nc1cncc(-c2ccc3[nH]nc(-c4nc5c(-c6ccccn6)cccc5[nH]4)c3c2)c1. The number of hydrogen-bond donors (Lipinski definition) is 3. The number of rotatable bonds is 6. The van der Waals surface area contributed by atoms with Gasteiger partial charge in [-0.1, -0.05) is 54.6 Å². The average molecular weight is 522 g/mol. The molecule has 3 aromatic carbocycles. The van der Waals surface area contributed by atoms with Gasteiger partial charge >= 0.3 is 0 Å². The topological polar surface area (TPSA) is 112 Å². The molecule has 0 saturated carbocycles. The van der Waals surface area contributed by atoms with E-state index in [-0.39, 0.29) is 5.91 Å². The number of fused-ring (bicyclic) bond motifs is 2. The van der Waals surface area contributed by atoms with Crippen molar-refractivity contribution in [3.05, 3.63) is 115 Å². The van der Waals surface area contributed by atoms with Crippen LogP contribution in [0.5, 0.6) is 0 Å². The summed E-state index contributed by atoms with van der Waals surface area (Å²) < 4.78 is 0. The molecule has 40 heavy (non-hydrogen) atoms. The Morgan fingerprint density at radius 3 is 2.60 bits per heavy atom. The van der Waals surface area contributed by atoms with Crippen LogP contribution in [0.25, 0.3) is 55.8 Å². The van der Waals surface area contributed by atoms with Crippen molar-refractivity contribution in [3.8, 4) is 33.9 Å². The van der Waals surface area contributed by atoms with Crippen molar-refractivity contribution in [2.24, 2.45) is 0 Å². The number of nitrogens with zero attached hydrogens (tertiary/aromatic N) is 4. The van der Waals surface area contributed by atoms with Crippen molar-refractivity contribution in [1.82, 2.24) is 30.1 Å². The molecule has 0 spiro atoms. The molecule has 0 aliphatic carbocycles. The number of benzene rings is 3. The van der Waals surface area contributed by atoms with Gasteiger partial charge in [0.2, 0.25) is 5.91 Å². The zero-order chi connectivity index (χ0) is 26.9. The second-order valence-electron chi connectivity index (χ2n) is 9.51. The van der Waals surface area contributed by atoms with Crippen LogP contribution >= 0.6 is 0 Å². The number of anilines is 1. The third-order valence-electron chi connectivity index (χ3n) is 6.80. The minimum Gasteiger partial charge on any atom is -0.337 e. The van der Waals surface area contributed by atoms with Gasteiger partial charge in [-0.15, -0.1) is 0 Å². The first-order chi connectivity index (χ1) is 19.7. The Balaban J connectivity index is 1.21. The fourth-order valence-electron chi connectivity index (χ4n) is 4.90. The zero-order valence-electron chi connectivity index (χ0n) is 21.3. The first-order valence-electron chi connectivity index (χ1n) is 12.9. The predicted molar refractivity (Wildman–Crippen MR) is 156 cm³/mol. The minimum absolute atomic E-state index is 0.0901. The predicted octanol–water partition coefficient (Wildman–Crippen LogP) is 6.41. The van der Waals surface area contributed by atoms with E-state index < -0.39 is 0 Å². The summed E-state index contributed by atoms with van der Waals surface area (Å²) in [6.45, 7) is 0. The molecule has 0 atom stereocenters. The molecular weight excluding hydrogens is 498 g/mol.